The lowest BCUT2D eigenvalue weighted by Gasteiger charge is -1.74. The van der Waals surface area contributed by atoms with Crippen LogP contribution in [0.25, 0.3) is 0 Å². The Balaban J connectivity index is 3.59. The van der Waals surface area contributed by atoms with Crippen molar-refractivity contribution in [2.45, 2.75) is 0 Å². The first-order valence-corrected chi connectivity index (χ1v) is 1.86. The van der Waals surface area contributed by atoms with Gasteiger partial charge in [-0.1, -0.05) is 0 Å². The SMILES string of the molecule is O=c1n[c][nH][nH]c1=O. The van der Waals surface area contributed by atoms with Crippen molar-refractivity contribution < 1.29 is 0 Å². The standard InChI is InChI=1S/C3H2N3O2/c7-2-3(8)6-5-1-4-2/h(H,6,8)(H,4,5,7). The first-order chi connectivity index (χ1) is 3.80. The number of nitrogens with one attached hydrogen (secondary N) is 2. The minimum atomic E-state index is -0.830. The van der Waals surface area contributed by atoms with E-state index >= 15 is 0 Å². The van der Waals surface area contributed by atoms with Crippen LogP contribution < -0.4 is 11.1 Å². The predicted molar refractivity (Wildman–Crippen MR) is 24.3 cm³/mol. The Morgan fingerprint density at radius 2 is 2.25 bits per heavy atom. The van der Waals surface area contributed by atoms with Gasteiger partial charge in [0.25, 0.3) is 0 Å². The van der Waals surface area contributed by atoms with Crippen molar-refractivity contribution in [3.63, 3.8) is 0 Å². The molecule has 1 heterocycles. The summed E-state index contributed by atoms with van der Waals surface area (Å²) in [7, 11) is 0. The highest BCUT2D eigenvalue weighted by atomic mass is 16.2. The van der Waals surface area contributed by atoms with Gasteiger partial charge < -0.3 is 0 Å². The van der Waals surface area contributed by atoms with E-state index in [1.807, 2.05) is 5.10 Å². The lowest BCUT2D eigenvalue weighted by molar-refractivity contribution is 0.893. The number of aromatic amines is 2. The van der Waals surface area contributed by atoms with Gasteiger partial charge in [-0.2, -0.15) is 4.98 Å². The second-order valence-electron chi connectivity index (χ2n) is 1.11. The minimum absolute atomic E-state index is 0.760. The summed E-state index contributed by atoms with van der Waals surface area (Å²) in [4.78, 5) is 23.2. The molecular formula is C3H2N3O2. The fourth-order valence-electron chi connectivity index (χ4n) is 0.268. The smallest absolute Gasteiger partial charge is 0.278 e. The normalized spacial score (nSPS) is 9.00. The Morgan fingerprint density at radius 1 is 1.50 bits per heavy atom. The van der Waals surface area contributed by atoms with Gasteiger partial charge in [0.2, 0.25) is 0 Å². The van der Waals surface area contributed by atoms with Crippen LogP contribution in [0.4, 0.5) is 0 Å². The van der Waals surface area contributed by atoms with E-state index in [4.69, 9.17) is 0 Å². The number of rotatable bonds is 0. The molecular weight excluding hydrogens is 110 g/mol. The van der Waals surface area contributed by atoms with E-state index in [0.717, 1.165) is 0 Å². The van der Waals surface area contributed by atoms with Crippen LogP contribution in [-0.2, 0) is 0 Å². The summed E-state index contributed by atoms with van der Waals surface area (Å²) >= 11 is 0. The van der Waals surface area contributed by atoms with Crippen LogP contribution in [0.3, 0.4) is 0 Å². The minimum Gasteiger partial charge on any atom is -0.278 e. The van der Waals surface area contributed by atoms with E-state index in [0.29, 0.717) is 0 Å². The van der Waals surface area contributed by atoms with Crippen molar-refractivity contribution in [2.75, 3.05) is 0 Å². The lowest BCUT2D eigenvalue weighted by atomic mass is 10.8. The zero-order valence-corrected chi connectivity index (χ0v) is 3.76. The van der Waals surface area contributed by atoms with Gasteiger partial charge in [-0.05, 0) is 0 Å². The van der Waals surface area contributed by atoms with Crippen LogP contribution >= 0.6 is 0 Å². The summed E-state index contributed by atoms with van der Waals surface area (Å²) in [6, 6.07) is 0. The molecule has 0 aliphatic carbocycles. The molecule has 0 amide bonds. The van der Waals surface area contributed by atoms with Crippen molar-refractivity contribution in [1.82, 2.24) is 15.2 Å². The second kappa shape index (κ2) is 1.61. The summed E-state index contributed by atoms with van der Waals surface area (Å²) in [5.41, 5.74) is -1.59. The number of hydrogen-bond donors (Lipinski definition) is 2. The van der Waals surface area contributed by atoms with Crippen molar-refractivity contribution in [1.29, 1.82) is 0 Å². The topological polar surface area (TPSA) is 78.6 Å². The maximum atomic E-state index is 10.1. The monoisotopic (exact) mass is 112 g/mol. The van der Waals surface area contributed by atoms with Crippen molar-refractivity contribution in [3.8, 4) is 0 Å². The van der Waals surface area contributed by atoms with Crippen molar-refractivity contribution in [3.05, 3.63) is 27.0 Å². The van der Waals surface area contributed by atoms with Crippen LogP contribution in [0.2, 0.25) is 0 Å². The molecule has 0 aromatic carbocycles. The maximum absolute atomic E-state index is 10.1. The van der Waals surface area contributed by atoms with Gasteiger partial charge in [0.1, 0.15) is 0 Å². The summed E-state index contributed by atoms with van der Waals surface area (Å²) in [5.74, 6) is 0. The van der Waals surface area contributed by atoms with Gasteiger partial charge in [0.15, 0.2) is 6.33 Å². The van der Waals surface area contributed by atoms with Gasteiger partial charge >= 0.3 is 11.1 Å². The van der Waals surface area contributed by atoms with Gasteiger partial charge in [-0.3, -0.25) is 19.8 Å². The van der Waals surface area contributed by atoms with E-state index in [9.17, 15) is 9.59 Å². The van der Waals surface area contributed by atoms with E-state index < -0.39 is 11.1 Å². The van der Waals surface area contributed by atoms with E-state index in [2.05, 4.69) is 16.4 Å². The maximum Gasteiger partial charge on any atom is 0.338 e. The lowest BCUT2D eigenvalue weighted by Crippen LogP contribution is -2.29. The largest absolute Gasteiger partial charge is 0.338 e. The second-order valence-corrected chi connectivity index (χ2v) is 1.11. The third kappa shape index (κ3) is 0.651. The molecule has 0 atom stereocenters. The molecule has 0 aliphatic rings. The molecule has 0 unspecified atom stereocenters. The summed E-state index contributed by atoms with van der Waals surface area (Å²) in [6.07, 6.45) is 2.06. The first-order valence-electron chi connectivity index (χ1n) is 1.86. The summed E-state index contributed by atoms with van der Waals surface area (Å²) in [6.45, 7) is 0. The molecule has 8 heavy (non-hydrogen) atoms. The molecule has 0 spiro atoms. The number of H-pyrrole nitrogens is 2. The molecule has 1 rings (SSSR count). The molecule has 5 heteroatoms. The molecule has 2 N–H and O–H groups in total. The molecule has 0 saturated heterocycles. The molecule has 1 radical (unpaired) electrons. The predicted octanol–water partition coefficient (Wildman–Crippen LogP) is -1.74. The van der Waals surface area contributed by atoms with Gasteiger partial charge in [-0.25, -0.2) is 0 Å². The zero-order chi connectivity index (χ0) is 5.98. The Bertz CT molecular complexity index is 243. The van der Waals surface area contributed by atoms with Crippen LogP contribution in [0.15, 0.2) is 9.59 Å². The molecule has 5 nitrogen and oxygen atoms in total. The molecule has 1 aromatic rings. The molecule has 0 fully saturated rings. The highest BCUT2D eigenvalue weighted by Gasteiger charge is 1.86. The summed E-state index contributed by atoms with van der Waals surface area (Å²) in [5, 5.41) is 4.12. The van der Waals surface area contributed by atoms with Crippen molar-refractivity contribution >= 4 is 0 Å². The Kier molecular flexibility index (Phi) is 0.957. The van der Waals surface area contributed by atoms with Crippen LogP contribution in [-0.4, -0.2) is 15.2 Å². The molecule has 41 valence electrons. The van der Waals surface area contributed by atoms with Crippen molar-refractivity contribution in [2.24, 2.45) is 0 Å². The highest BCUT2D eigenvalue weighted by molar-refractivity contribution is 4.66. The Hall–Kier alpha value is -1.39. The number of aromatic nitrogens is 3. The van der Waals surface area contributed by atoms with E-state index in [-0.39, 0.29) is 0 Å². The summed E-state index contributed by atoms with van der Waals surface area (Å²) < 4.78 is 0. The Labute approximate surface area is 43.4 Å². The average molecular weight is 112 g/mol. The van der Waals surface area contributed by atoms with Gasteiger partial charge in [0, 0.05) is 0 Å². The quantitative estimate of drug-likeness (QED) is 0.391. The average Bonchev–Trinajstić information content (AvgIpc) is 1.77. The van der Waals surface area contributed by atoms with Crippen LogP contribution in [0.5, 0.6) is 0 Å². The molecule has 0 aliphatic heterocycles. The highest BCUT2D eigenvalue weighted by Crippen LogP contribution is 1.38. The van der Waals surface area contributed by atoms with Gasteiger partial charge in [-0.15, -0.1) is 0 Å². The molecule has 0 saturated carbocycles. The molecule has 0 bridgehead atoms. The van der Waals surface area contributed by atoms with Crippen LogP contribution in [0.1, 0.15) is 0 Å². The number of nitrogens with zero attached hydrogens (tertiary/aromatic N) is 1. The van der Waals surface area contributed by atoms with Crippen LogP contribution in [0, 0.1) is 6.33 Å². The fourth-order valence-corrected chi connectivity index (χ4v) is 0.268. The number of hydrogen-bond acceptors (Lipinski definition) is 3. The third-order valence-corrected chi connectivity index (χ3v) is 0.584. The van der Waals surface area contributed by atoms with E-state index in [1.54, 1.807) is 0 Å². The first kappa shape index (κ1) is 4.76. The Morgan fingerprint density at radius 3 is 2.62 bits per heavy atom. The molecule has 1 aromatic heterocycles. The van der Waals surface area contributed by atoms with E-state index in [1.165, 1.54) is 0 Å². The fraction of sp³-hybridized carbons (Fsp3) is 0. The third-order valence-electron chi connectivity index (χ3n) is 0.584. The van der Waals surface area contributed by atoms with Gasteiger partial charge in [0.05, 0.1) is 0 Å². The zero-order valence-electron chi connectivity index (χ0n) is 3.76.